The van der Waals surface area contributed by atoms with Gasteiger partial charge in [-0.25, -0.2) is 0 Å². The predicted octanol–water partition coefficient (Wildman–Crippen LogP) is 9.63. The van der Waals surface area contributed by atoms with Crippen LogP contribution in [-0.4, -0.2) is 15.9 Å². The normalized spacial score (nSPS) is 11.7. The maximum absolute atomic E-state index is 11.9. The molecule has 0 amide bonds. The molecule has 3 aromatic rings. The van der Waals surface area contributed by atoms with Crippen molar-refractivity contribution in [2.75, 3.05) is 0 Å². The molecular formula is C35H48IrNO2-. The van der Waals surface area contributed by atoms with Gasteiger partial charge in [0.25, 0.3) is 0 Å². The number of carbonyl (C=O) groups is 1. The molecule has 0 saturated carbocycles. The molecule has 4 heteroatoms. The summed E-state index contributed by atoms with van der Waals surface area (Å²) in [7, 11) is 0. The van der Waals surface area contributed by atoms with E-state index >= 15 is 0 Å². The molecule has 1 radical (unpaired) electrons. The Morgan fingerprint density at radius 1 is 0.974 bits per heavy atom. The SMILES string of the molecule is CCC(CC)C(=O)/C=C(\O)C(C(C)C)C(C)C.CCCc1cccc2nc(-c3[c-]c(C)cc(C)c3)ccc12.[Ir]. The number of aromatic nitrogens is 1. The number of hydrogen-bond donors (Lipinski definition) is 1. The van der Waals surface area contributed by atoms with Crippen LogP contribution in [0.1, 0.15) is 84.4 Å². The number of pyridine rings is 1. The van der Waals surface area contributed by atoms with Crippen molar-refractivity contribution in [3.8, 4) is 11.3 Å². The molecule has 1 N–H and O–H groups in total. The number of fused-ring (bicyclic) bond motifs is 1. The van der Waals surface area contributed by atoms with Gasteiger partial charge >= 0.3 is 0 Å². The molecule has 0 aliphatic rings. The van der Waals surface area contributed by atoms with Gasteiger partial charge in [0.2, 0.25) is 0 Å². The van der Waals surface area contributed by atoms with E-state index in [1.165, 1.54) is 22.6 Å². The summed E-state index contributed by atoms with van der Waals surface area (Å²) < 4.78 is 0. The molecule has 0 spiro atoms. The molecule has 1 heterocycles. The van der Waals surface area contributed by atoms with E-state index in [0.717, 1.165) is 48.0 Å². The van der Waals surface area contributed by atoms with Crippen LogP contribution in [0.3, 0.4) is 0 Å². The molecule has 0 aliphatic heterocycles. The summed E-state index contributed by atoms with van der Waals surface area (Å²) in [6, 6.07) is 18.4. The molecule has 0 unspecified atom stereocenters. The Hall–Kier alpha value is -2.29. The van der Waals surface area contributed by atoms with Crippen LogP contribution in [0, 0.1) is 43.6 Å². The van der Waals surface area contributed by atoms with Crippen LogP contribution < -0.4 is 0 Å². The zero-order valence-electron chi connectivity index (χ0n) is 25.4. The third kappa shape index (κ3) is 10.00. The minimum absolute atomic E-state index is 0. The fourth-order valence-corrected chi connectivity index (χ4v) is 5.39. The second kappa shape index (κ2) is 16.7. The fraction of sp³-hybridized carbons (Fsp3) is 0.486. The van der Waals surface area contributed by atoms with Gasteiger partial charge in [-0.05, 0) is 48.4 Å². The number of carbonyl (C=O) groups excluding carboxylic acids is 1. The quantitative estimate of drug-likeness (QED) is 0.130. The standard InChI is InChI=1S/C20H20N.C15H28O2.Ir/c1-4-6-16-7-5-8-20-18(16)9-10-19(21-20)17-12-14(2)11-15(3)13-17;1-7-12(8-2)13(16)9-14(17)15(10(3)4)11(5)6;/h5,7-12H,4,6H2,1-3H3;9-12,15,17H,7-8H2,1-6H3;/q-1;;/b;14-9-;. The maximum Gasteiger partial charge on any atom is 0.162 e. The third-order valence-corrected chi connectivity index (χ3v) is 7.22. The van der Waals surface area contributed by atoms with Crippen molar-refractivity contribution in [1.82, 2.24) is 4.98 Å². The molecule has 1 aromatic heterocycles. The number of aliphatic hydroxyl groups excluding tert-OH is 1. The van der Waals surface area contributed by atoms with Crippen molar-refractivity contribution in [3.63, 3.8) is 0 Å². The van der Waals surface area contributed by atoms with Gasteiger partial charge in [-0.15, -0.1) is 34.9 Å². The Bertz CT molecular complexity index is 1200. The zero-order valence-corrected chi connectivity index (χ0v) is 27.8. The zero-order chi connectivity index (χ0) is 28.4. The fourth-order valence-electron chi connectivity index (χ4n) is 5.39. The van der Waals surface area contributed by atoms with Gasteiger partial charge < -0.3 is 5.11 Å². The van der Waals surface area contributed by atoms with E-state index in [4.69, 9.17) is 4.98 Å². The minimum Gasteiger partial charge on any atom is -0.512 e. The second-order valence-electron chi connectivity index (χ2n) is 11.2. The van der Waals surface area contributed by atoms with E-state index in [1.54, 1.807) is 0 Å². The summed E-state index contributed by atoms with van der Waals surface area (Å²) >= 11 is 0. The van der Waals surface area contributed by atoms with Crippen molar-refractivity contribution in [2.45, 2.75) is 88.0 Å². The first-order chi connectivity index (χ1) is 18.0. The van der Waals surface area contributed by atoms with Gasteiger partial charge in [-0.3, -0.25) is 9.78 Å². The molecule has 0 fully saturated rings. The third-order valence-electron chi connectivity index (χ3n) is 7.22. The Balaban J connectivity index is 0.000000391. The summed E-state index contributed by atoms with van der Waals surface area (Å²) in [6.45, 7) is 18.8. The molecule has 0 saturated heterocycles. The van der Waals surface area contributed by atoms with Crippen molar-refractivity contribution in [1.29, 1.82) is 0 Å². The predicted molar refractivity (Wildman–Crippen MR) is 162 cm³/mol. The first-order valence-corrected chi connectivity index (χ1v) is 14.4. The van der Waals surface area contributed by atoms with E-state index in [-0.39, 0.29) is 43.5 Å². The molecule has 215 valence electrons. The summed E-state index contributed by atoms with van der Waals surface area (Å²) in [6.07, 6.45) is 5.41. The van der Waals surface area contributed by atoms with Crippen LogP contribution in [0.4, 0.5) is 0 Å². The monoisotopic (exact) mass is 707 g/mol. The molecule has 3 nitrogen and oxygen atoms in total. The Morgan fingerprint density at radius 2 is 1.62 bits per heavy atom. The first-order valence-electron chi connectivity index (χ1n) is 14.4. The van der Waals surface area contributed by atoms with Gasteiger partial charge in [0.05, 0.1) is 11.3 Å². The molecule has 0 aliphatic carbocycles. The minimum atomic E-state index is 0. The Labute approximate surface area is 250 Å². The van der Waals surface area contributed by atoms with Crippen LogP contribution in [0.25, 0.3) is 22.2 Å². The van der Waals surface area contributed by atoms with E-state index in [0.29, 0.717) is 11.8 Å². The van der Waals surface area contributed by atoms with Crippen LogP contribution in [0.15, 0.2) is 54.3 Å². The number of nitrogens with zero attached hydrogens (tertiary/aromatic N) is 1. The van der Waals surface area contributed by atoms with Crippen molar-refractivity contribution < 1.29 is 30.0 Å². The average molecular weight is 707 g/mol. The van der Waals surface area contributed by atoms with Crippen molar-refractivity contribution in [3.05, 3.63) is 77.1 Å². The molecule has 39 heavy (non-hydrogen) atoms. The molecule has 0 bridgehead atoms. The Kier molecular flexibility index (Phi) is 14.9. The largest absolute Gasteiger partial charge is 0.512 e. The van der Waals surface area contributed by atoms with E-state index < -0.39 is 0 Å². The number of ketones is 1. The number of benzene rings is 2. The van der Waals surface area contributed by atoms with Crippen LogP contribution in [-0.2, 0) is 31.3 Å². The van der Waals surface area contributed by atoms with Gasteiger partial charge in [0.15, 0.2) is 5.78 Å². The van der Waals surface area contributed by atoms with E-state index in [2.05, 4.69) is 97.0 Å². The second-order valence-corrected chi connectivity index (χ2v) is 11.2. The molecule has 3 rings (SSSR count). The maximum atomic E-state index is 11.9. The number of allylic oxidation sites excluding steroid dienone is 2. The van der Waals surface area contributed by atoms with Crippen LogP contribution >= 0.6 is 0 Å². The van der Waals surface area contributed by atoms with Gasteiger partial charge in [0.1, 0.15) is 0 Å². The summed E-state index contributed by atoms with van der Waals surface area (Å²) in [5.41, 5.74) is 6.96. The van der Waals surface area contributed by atoms with E-state index in [9.17, 15) is 9.90 Å². The molecule has 2 aromatic carbocycles. The number of aryl methyl sites for hydroxylation is 3. The molecule has 0 atom stereocenters. The topological polar surface area (TPSA) is 50.2 Å². The van der Waals surface area contributed by atoms with E-state index in [1.807, 2.05) is 13.8 Å². The number of rotatable bonds is 10. The van der Waals surface area contributed by atoms with Crippen LogP contribution in [0.5, 0.6) is 0 Å². The smallest absolute Gasteiger partial charge is 0.162 e. The first kappa shape index (κ1) is 34.7. The van der Waals surface area contributed by atoms with Gasteiger partial charge in [0, 0.05) is 43.4 Å². The number of aliphatic hydroxyl groups is 1. The summed E-state index contributed by atoms with van der Waals surface area (Å²) in [5, 5.41) is 11.4. The molecular weight excluding hydrogens is 659 g/mol. The van der Waals surface area contributed by atoms with Gasteiger partial charge in [-0.1, -0.05) is 93.0 Å². The van der Waals surface area contributed by atoms with Gasteiger partial charge in [-0.2, -0.15) is 0 Å². The summed E-state index contributed by atoms with van der Waals surface area (Å²) in [4.78, 5) is 16.8. The van der Waals surface area contributed by atoms with Crippen molar-refractivity contribution >= 4 is 16.7 Å². The average Bonchev–Trinajstić information content (AvgIpc) is 2.84. The Morgan fingerprint density at radius 3 is 2.15 bits per heavy atom. The summed E-state index contributed by atoms with van der Waals surface area (Å²) in [5.74, 6) is 1.15. The van der Waals surface area contributed by atoms with Crippen molar-refractivity contribution in [2.24, 2.45) is 23.7 Å². The number of hydrogen-bond acceptors (Lipinski definition) is 3. The van der Waals surface area contributed by atoms with Crippen LogP contribution in [0.2, 0.25) is 0 Å².